The predicted octanol–water partition coefficient (Wildman–Crippen LogP) is 2.41. The summed E-state index contributed by atoms with van der Waals surface area (Å²) in [6.45, 7) is 6.37. The van der Waals surface area contributed by atoms with Gasteiger partial charge in [0.25, 0.3) is 5.91 Å². The van der Waals surface area contributed by atoms with Crippen molar-refractivity contribution in [3.63, 3.8) is 0 Å². The zero-order valence-corrected chi connectivity index (χ0v) is 15.3. The lowest BCUT2D eigenvalue weighted by Crippen LogP contribution is -2.28. The topological polar surface area (TPSA) is 110 Å². The fraction of sp³-hybridized carbons (Fsp3) is 0.316. The van der Waals surface area contributed by atoms with Crippen molar-refractivity contribution in [1.29, 1.82) is 5.26 Å². The molecule has 0 saturated carbocycles. The molecule has 0 aliphatic rings. The van der Waals surface area contributed by atoms with E-state index < -0.39 is 5.97 Å². The van der Waals surface area contributed by atoms with E-state index in [2.05, 4.69) is 5.32 Å². The molecule has 1 heterocycles. The molecule has 0 aliphatic heterocycles. The second kappa shape index (κ2) is 7.74. The lowest BCUT2D eigenvalue weighted by atomic mass is 10.1. The van der Waals surface area contributed by atoms with E-state index in [0.717, 1.165) is 0 Å². The minimum Gasteiger partial charge on any atom is -0.464 e. The Hall–Kier alpha value is -3.27. The van der Waals surface area contributed by atoms with Crippen LogP contribution in [0.2, 0.25) is 0 Å². The molecule has 3 N–H and O–H groups in total. The second-order valence-corrected chi connectivity index (χ2v) is 6.33. The Balaban J connectivity index is 2.57. The summed E-state index contributed by atoms with van der Waals surface area (Å²) in [4.78, 5) is 24.6. The fourth-order valence-corrected chi connectivity index (χ4v) is 2.63. The van der Waals surface area contributed by atoms with Gasteiger partial charge in [0.1, 0.15) is 6.07 Å². The Bertz CT molecular complexity index is 891. The molecule has 0 aliphatic carbocycles. The number of nitrogens with zero attached hydrogens (tertiary/aromatic N) is 2. The van der Waals surface area contributed by atoms with E-state index >= 15 is 0 Å². The van der Waals surface area contributed by atoms with Crippen LogP contribution in [0.25, 0.3) is 5.69 Å². The largest absolute Gasteiger partial charge is 0.464 e. The number of hydrogen-bond donors (Lipinski definition) is 2. The predicted molar refractivity (Wildman–Crippen MR) is 98.1 cm³/mol. The van der Waals surface area contributed by atoms with Gasteiger partial charge in [0.15, 0.2) is 5.69 Å². The number of nitrogen functional groups attached to an aromatic ring is 1. The highest BCUT2D eigenvalue weighted by atomic mass is 16.5. The summed E-state index contributed by atoms with van der Waals surface area (Å²) in [5.74, 6) is -0.521. The summed E-state index contributed by atoms with van der Waals surface area (Å²) in [6, 6.07) is 7.14. The van der Waals surface area contributed by atoms with Crippen molar-refractivity contribution in [2.75, 3.05) is 19.4 Å². The average Bonchev–Trinajstić information content (AvgIpc) is 2.95. The number of esters is 1. The summed E-state index contributed by atoms with van der Waals surface area (Å²) >= 11 is 0. The maximum absolute atomic E-state index is 12.5. The van der Waals surface area contributed by atoms with Crippen LogP contribution in [0.3, 0.4) is 0 Å². The molecule has 2 rings (SSSR count). The number of methoxy groups -OCH3 is 1. The fourth-order valence-electron chi connectivity index (χ4n) is 2.63. The number of nitrogens with one attached hydrogen (secondary N) is 1. The number of aromatic nitrogens is 1. The molecule has 0 fully saturated rings. The molecule has 136 valence electrons. The van der Waals surface area contributed by atoms with E-state index in [1.165, 1.54) is 17.9 Å². The molecule has 0 saturated heterocycles. The van der Waals surface area contributed by atoms with Crippen LogP contribution in [0.4, 0.5) is 5.69 Å². The van der Waals surface area contributed by atoms with Crippen molar-refractivity contribution in [2.45, 2.75) is 20.8 Å². The number of hydrogen-bond acceptors (Lipinski definition) is 5. The monoisotopic (exact) mass is 354 g/mol. The van der Waals surface area contributed by atoms with E-state index in [4.69, 9.17) is 10.5 Å². The molecular weight excluding hydrogens is 332 g/mol. The summed E-state index contributed by atoms with van der Waals surface area (Å²) in [7, 11) is 1.24. The molecular formula is C19H22N4O3. The maximum atomic E-state index is 12.5. The summed E-state index contributed by atoms with van der Waals surface area (Å²) in [6.07, 6.45) is 1.47. The van der Waals surface area contributed by atoms with E-state index in [0.29, 0.717) is 29.3 Å². The van der Waals surface area contributed by atoms with E-state index in [9.17, 15) is 14.9 Å². The average molecular weight is 354 g/mol. The van der Waals surface area contributed by atoms with Gasteiger partial charge < -0.3 is 20.4 Å². The number of rotatable bonds is 5. The van der Waals surface area contributed by atoms with Gasteiger partial charge in [0, 0.05) is 24.0 Å². The lowest BCUT2D eigenvalue weighted by molar-refractivity contribution is 0.0593. The van der Waals surface area contributed by atoms with Gasteiger partial charge in [-0.2, -0.15) is 5.26 Å². The summed E-state index contributed by atoms with van der Waals surface area (Å²) in [5.41, 5.74) is 7.95. The third-order valence-corrected chi connectivity index (χ3v) is 4.02. The van der Waals surface area contributed by atoms with Crippen LogP contribution in [0.15, 0.2) is 24.4 Å². The molecule has 0 spiro atoms. The van der Waals surface area contributed by atoms with E-state index in [-0.39, 0.29) is 22.9 Å². The number of benzene rings is 1. The van der Waals surface area contributed by atoms with E-state index in [1.807, 2.05) is 19.9 Å². The molecule has 0 unspecified atom stereocenters. The van der Waals surface area contributed by atoms with Crippen LogP contribution < -0.4 is 11.1 Å². The zero-order valence-electron chi connectivity index (χ0n) is 15.3. The standard InChI is InChI=1S/C19H22N4O3/c1-11(2)9-22-18(24)14-6-5-7-15(12(14)3)23-10-13(8-20)16(21)17(23)19(25)26-4/h5-7,10-11H,9,21H2,1-4H3,(H,22,24). The van der Waals surface area contributed by atoms with Crippen LogP contribution in [-0.2, 0) is 4.74 Å². The molecule has 0 atom stereocenters. The number of nitriles is 1. The third-order valence-electron chi connectivity index (χ3n) is 4.02. The molecule has 1 aromatic heterocycles. The number of amides is 1. The van der Waals surface area contributed by atoms with Gasteiger partial charge in [-0.3, -0.25) is 4.79 Å². The number of ether oxygens (including phenoxy) is 1. The van der Waals surface area contributed by atoms with Gasteiger partial charge in [-0.15, -0.1) is 0 Å². The minimum atomic E-state index is -0.655. The number of nitrogens with two attached hydrogens (primary N) is 1. The molecule has 1 aromatic carbocycles. The van der Waals surface area contributed by atoms with Crippen molar-refractivity contribution in [3.8, 4) is 11.8 Å². The Morgan fingerprint density at radius 3 is 2.65 bits per heavy atom. The van der Waals surface area contributed by atoms with Gasteiger partial charge in [0.2, 0.25) is 0 Å². The van der Waals surface area contributed by atoms with Crippen LogP contribution in [0.1, 0.15) is 45.8 Å². The highest BCUT2D eigenvalue weighted by molar-refractivity contribution is 5.98. The van der Waals surface area contributed by atoms with Gasteiger partial charge in [-0.1, -0.05) is 19.9 Å². The first-order valence-corrected chi connectivity index (χ1v) is 8.19. The summed E-state index contributed by atoms with van der Waals surface area (Å²) < 4.78 is 6.29. The molecule has 2 aromatic rings. The number of anilines is 1. The number of carbonyl (C=O) groups excluding carboxylic acids is 2. The molecule has 0 radical (unpaired) electrons. The zero-order chi connectivity index (χ0) is 19.4. The van der Waals surface area contributed by atoms with Gasteiger partial charge in [-0.05, 0) is 30.5 Å². The van der Waals surface area contributed by atoms with Gasteiger partial charge in [0.05, 0.1) is 18.4 Å². The highest BCUT2D eigenvalue weighted by Crippen LogP contribution is 2.27. The van der Waals surface area contributed by atoms with Crippen molar-refractivity contribution in [3.05, 3.63) is 46.8 Å². The van der Waals surface area contributed by atoms with Crippen LogP contribution >= 0.6 is 0 Å². The Kier molecular flexibility index (Phi) is 5.68. The molecule has 7 heteroatoms. The van der Waals surface area contributed by atoms with Crippen molar-refractivity contribution in [2.24, 2.45) is 5.92 Å². The first-order valence-electron chi connectivity index (χ1n) is 8.19. The Morgan fingerprint density at radius 1 is 1.38 bits per heavy atom. The minimum absolute atomic E-state index is 0.0495. The Morgan fingerprint density at radius 2 is 2.08 bits per heavy atom. The SMILES string of the molecule is COC(=O)c1c(N)c(C#N)cn1-c1cccc(C(=O)NCC(C)C)c1C. The van der Waals surface area contributed by atoms with Gasteiger partial charge in [-0.25, -0.2) is 4.79 Å². The van der Waals surface area contributed by atoms with Crippen LogP contribution in [-0.4, -0.2) is 30.1 Å². The second-order valence-electron chi connectivity index (χ2n) is 6.33. The van der Waals surface area contributed by atoms with Crippen molar-refractivity contribution >= 4 is 17.6 Å². The molecule has 0 bridgehead atoms. The van der Waals surface area contributed by atoms with Gasteiger partial charge >= 0.3 is 5.97 Å². The quantitative estimate of drug-likeness (QED) is 0.801. The van der Waals surface area contributed by atoms with Crippen molar-refractivity contribution < 1.29 is 14.3 Å². The van der Waals surface area contributed by atoms with E-state index in [1.54, 1.807) is 25.1 Å². The maximum Gasteiger partial charge on any atom is 0.357 e. The number of carbonyl (C=O) groups is 2. The molecule has 7 nitrogen and oxygen atoms in total. The van der Waals surface area contributed by atoms with Crippen molar-refractivity contribution in [1.82, 2.24) is 9.88 Å². The Labute approximate surface area is 152 Å². The summed E-state index contributed by atoms with van der Waals surface area (Å²) in [5, 5.41) is 12.1. The molecule has 26 heavy (non-hydrogen) atoms. The lowest BCUT2D eigenvalue weighted by Gasteiger charge is -2.15. The normalized spacial score (nSPS) is 10.5. The van der Waals surface area contributed by atoms with Crippen LogP contribution in [0.5, 0.6) is 0 Å². The first kappa shape index (κ1) is 19.1. The highest BCUT2D eigenvalue weighted by Gasteiger charge is 2.23. The molecule has 1 amide bonds. The third kappa shape index (κ3) is 3.54. The van der Waals surface area contributed by atoms with Crippen LogP contribution in [0, 0.1) is 24.2 Å². The smallest absolute Gasteiger partial charge is 0.357 e. The first-order chi connectivity index (χ1) is 12.3.